The van der Waals surface area contributed by atoms with Gasteiger partial charge in [0, 0.05) is 12.0 Å². The first-order valence-corrected chi connectivity index (χ1v) is 3.28. The van der Waals surface area contributed by atoms with E-state index in [0.717, 1.165) is 11.3 Å². The van der Waals surface area contributed by atoms with Crippen molar-refractivity contribution in [1.82, 2.24) is 5.16 Å². The predicted octanol–water partition coefficient (Wildman–Crippen LogP) is 0.906. The van der Waals surface area contributed by atoms with Gasteiger partial charge in [-0.05, 0) is 13.8 Å². The third kappa shape index (κ3) is 1.57. The van der Waals surface area contributed by atoms with Crippen molar-refractivity contribution < 1.29 is 9.63 Å². The summed E-state index contributed by atoms with van der Waals surface area (Å²) >= 11 is 0. The molecule has 3 heteroatoms. The Morgan fingerprint density at radius 1 is 1.80 bits per heavy atom. The summed E-state index contributed by atoms with van der Waals surface area (Å²) in [6.45, 7) is 3.58. The van der Waals surface area contributed by atoms with E-state index in [1.54, 1.807) is 13.1 Å². The molecule has 0 radical (unpaired) electrons. The van der Waals surface area contributed by atoms with Crippen molar-refractivity contribution in [2.24, 2.45) is 0 Å². The van der Waals surface area contributed by atoms with Crippen LogP contribution in [0.3, 0.4) is 0 Å². The van der Waals surface area contributed by atoms with Gasteiger partial charge in [-0.25, -0.2) is 0 Å². The lowest BCUT2D eigenvalue weighted by Gasteiger charge is -1.99. The number of aliphatic hydroxyl groups excluding tert-OH is 1. The van der Waals surface area contributed by atoms with E-state index >= 15 is 0 Å². The minimum atomic E-state index is -0.321. The molecule has 0 saturated heterocycles. The van der Waals surface area contributed by atoms with Crippen molar-refractivity contribution in [2.75, 3.05) is 0 Å². The van der Waals surface area contributed by atoms with Gasteiger partial charge in [-0.15, -0.1) is 0 Å². The third-order valence-corrected chi connectivity index (χ3v) is 1.37. The van der Waals surface area contributed by atoms with E-state index in [0.29, 0.717) is 6.42 Å². The first-order valence-electron chi connectivity index (χ1n) is 3.28. The summed E-state index contributed by atoms with van der Waals surface area (Å²) in [5, 5.41) is 12.6. The Bertz CT molecular complexity index is 205. The lowest BCUT2D eigenvalue weighted by Crippen LogP contribution is -2.03. The zero-order chi connectivity index (χ0) is 7.56. The zero-order valence-electron chi connectivity index (χ0n) is 6.16. The molecule has 56 valence electrons. The monoisotopic (exact) mass is 141 g/mol. The zero-order valence-corrected chi connectivity index (χ0v) is 6.16. The number of aliphatic hydroxyl groups is 1. The van der Waals surface area contributed by atoms with Gasteiger partial charge in [-0.1, -0.05) is 5.16 Å². The number of aromatic nitrogens is 1. The predicted molar refractivity (Wildman–Crippen MR) is 36.6 cm³/mol. The normalized spacial score (nSPS) is 13.5. The molecule has 3 nitrogen and oxygen atoms in total. The highest BCUT2D eigenvalue weighted by atomic mass is 16.5. The van der Waals surface area contributed by atoms with Crippen LogP contribution in [0.5, 0.6) is 0 Å². The molecule has 0 aromatic carbocycles. The molecule has 0 unspecified atom stereocenters. The molecule has 10 heavy (non-hydrogen) atoms. The number of hydrogen-bond donors (Lipinski definition) is 1. The maximum atomic E-state index is 8.98. The number of hydrogen-bond acceptors (Lipinski definition) is 3. The fourth-order valence-corrected chi connectivity index (χ4v) is 0.833. The quantitative estimate of drug-likeness (QED) is 0.665. The molecule has 0 bridgehead atoms. The molecule has 1 rings (SSSR count). The SMILES string of the molecule is Cc1oncc1C[C@@H](C)O. The maximum absolute atomic E-state index is 8.98. The van der Waals surface area contributed by atoms with Gasteiger partial charge in [-0.2, -0.15) is 0 Å². The highest BCUT2D eigenvalue weighted by Crippen LogP contribution is 2.07. The Morgan fingerprint density at radius 3 is 2.90 bits per heavy atom. The van der Waals surface area contributed by atoms with Gasteiger partial charge in [0.25, 0.3) is 0 Å². The van der Waals surface area contributed by atoms with E-state index in [1.807, 2.05) is 6.92 Å². The summed E-state index contributed by atoms with van der Waals surface area (Å²) in [6, 6.07) is 0. The summed E-state index contributed by atoms with van der Waals surface area (Å²) in [6.07, 6.45) is 1.94. The molecule has 0 aliphatic rings. The van der Waals surface area contributed by atoms with Crippen molar-refractivity contribution in [3.8, 4) is 0 Å². The van der Waals surface area contributed by atoms with E-state index in [9.17, 15) is 0 Å². The van der Waals surface area contributed by atoms with Crippen molar-refractivity contribution in [2.45, 2.75) is 26.4 Å². The second-order valence-corrected chi connectivity index (χ2v) is 2.46. The van der Waals surface area contributed by atoms with Crippen LogP contribution >= 0.6 is 0 Å². The van der Waals surface area contributed by atoms with Crippen LogP contribution in [-0.2, 0) is 6.42 Å². The van der Waals surface area contributed by atoms with Crippen molar-refractivity contribution in [3.63, 3.8) is 0 Å². The average Bonchev–Trinajstić information content (AvgIpc) is 2.15. The Labute approximate surface area is 59.7 Å². The van der Waals surface area contributed by atoms with Crippen LogP contribution in [0.25, 0.3) is 0 Å². The topological polar surface area (TPSA) is 46.3 Å². The van der Waals surface area contributed by atoms with Crippen LogP contribution in [-0.4, -0.2) is 16.4 Å². The second-order valence-electron chi connectivity index (χ2n) is 2.46. The second kappa shape index (κ2) is 2.84. The molecule has 0 fully saturated rings. The van der Waals surface area contributed by atoms with E-state index in [4.69, 9.17) is 9.63 Å². The van der Waals surface area contributed by atoms with Gasteiger partial charge in [0.1, 0.15) is 5.76 Å². The molecule has 0 amide bonds. The van der Waals surface area contributed by atoms with E-state index in [-0.39, 0.29) is 6.10 Å². The summed E-state index contributed by atoms with van der Waals surface area (Å²) in [5.41, 5.74) is 0.981. The van der Waals surface area contributed by atoms with E-state index in [2.05, 4.69) is 5.16 Å². The van der Waals surface area contributed by atoms with E-state index in [1.165, 1.54) is 0 Å². The molecule has 0 spiro atoms. The van der Waals surface area contributed by atoms with Gasteiger partial charge in [0.15, 0.2) is 0 Å². The van der Waals surface area contributed by atoms with Gasteiger partial charge in [0.2, 0.25) is 0 Å². The molecule has 1 aromatic heterocycles. The largest absolute Gasteiger partial charge is 0.393 e. The maximum Gasteiger partial charge on any atom is 0.136 e. The molecule has 0 aliphatic carbocycles. The first kappa shape index (κ1) is 7.28. The summed E-state index contributed by atoms with van der Waals surface area (Å²) in [5.74, 6) is 0.793. The van der Waals surface area contributed by atoms with Gasteiger partial charge in [0.05, 0.1) is 12.3 Å². The van der Waals surface area contributed by atoms with Gasteiger partial charge in [-0.3, -0.25) is 0 Å². The summed E-state index contributed by atoms with van der Waals surface area (Å²) in [7, 11) is 0. The van der Waals surface area contributed by atoms with Crippen LogP contribution in [0.15, 0.2) is 10.7 Å². The average molecular weight is 141 g/mol. The number of aryl methyl sites for hydroxylation is 1. The smallest absolute Gasteiger partial charge is 0.136 e. The molecule has 1 heterocycles. The Morgan fingerprint density at radius 2 is 2.50 bits per heavy atom. The first-order chi connectivity index (χ1) is 4.70. The third-order valence-electron chi connectivity index (χ3n) is 1.37. The van der Waals surface area contributed by atoms with E-state index < -0.39 is 0 Å². The highest BCUT2D eigenvalue weighted by molar-refractivity contribution is 5.12. The summed E-state index contributed by atoms with van der Waals surface area (Å²) in [4.78, 5) is 0. The molecule has 1 N–H and O–H groups in total. The fourth-order valence-electron chi connectivity index (χ4n) is 0.833. The van der Waals surface area contributed by atoms with Crippen LogP contribution in [0.2, 0.25) is 0 Å². The molecular weight excluding hydrogens is 130 g/mol. The minimum Gasteiger partial charge on any atom is -0.393 e. The summed E-state index contributed by atoms with van der Waals surface area (Å²) < 4.78 is 4.80. The number of nitrogens with zero attached hydrogens (tertiary/aromatic N) is 1. The standard InChI is InChI=1S/C7H11NO2/c1-5(9)3-7-4-8-10-6(7)2/h4-5,9H,3H2,1-2H3/t5-/m1/s1. The van der Waals surface area contributed by atoms with Crippen LogP contribution in [0.1, 0.15) is 18.2 Å². The lowest BCUT2D eigenvalue weighted by atomic mass is 10.1. The fraction of sp³-hybridized carbons (Fsp3) is 0.571. The molecular formula is C7H11NO2. The van der Waals surface area contributed by atoms with Crippen LogP contribution in [0, 0.1) is 6.92 Å². The van der Waals surface area contributed by atoms with Crippen molar-refractivity contribution in [3.05, 3.63) is 17.5 Å². The van der Waals surface area contributed by atoms with Crippen LogP contribution < -0.4 is 0 Å². The molecule has 1 atom stereocenters. The van der Waals surface area contributed by atoms with Crippen LogP contribution in [0.4, 0.5) is 0 Å². The van der Waals surface area contributed by atoms with Crippen molar-refractivity contribution in [1.29, 1.82) is 0 Å². The Kier molecular flexibility index (Phi) is 2.06. The molecule has 1 aromatic rings. The van der Waals surface area contributed by atoms with Crippen molar-refractivity contribution >= 4 is 0 Å². The lowest BCUT2D eigenvalue weighted by molar-refractivity contribution is 0.195. The highest BCUT2D eigenvalue weighted by Gasteiger charge is 2.04. The minimum absolute atomic E-state index is 0.321. The number of rotatable bonds is 2. The van der Waals surface area contributed by atoms with Gasteiger partial charge < -0.3 is 9.63 Å². The molecule has 0 aliphatic heterocycles. The Hall–Kier alpha value is -0.830. The van der Waals surface area contributed by atoms with Gasteiger partial charge >= 0.3 is 0 Å². The Balaban J connectivity index is 2.65. The molecule has 0 saturated carbocycles.